The zero-order valence-corrected chi connectivity index (χ0v) is 15.5. The normalized spacial score (nSPS) is 14.7. The lowest BCUT2D eigenvalue weighted by molar-refractivity contribution is -0.138. The molecule has 1 aliphatic rings. The highest BCUT2D eigenvalue weighted by molar-refractivity contribution is 5.89. The van der Waals surface area contributed by atoms with Crippen molar-refractivity contribution in [3.8, 4) is 5.75 Å². The van der Waals surface area contributed by atoms with E-state index in [1.807, 2.05) is 32.9 Å². The largest absolute Gasteiger partial charge is 0.490 e. The summed E-state index contributed by atoms with van der Waals surface area (Å²) in [7, 11) is 0. The Morgan fingerprint density at radius 2 is 1.80 bits per heavy atom. The molecule has 1 heterocycles. The second-order valence-electron chi connectivity index (χ2n) is 6.64. The molecule has 0 bridgehead atoms. The van der Waals surface area contributed by atoms with Crippen molar-refractivity contribution in [2.24, 2.45) is 0 Å². The van der Waals surface area contributed by atoms with Gasteiger partial charge in [-0.25, -0.2) is 4.79 Å². The molecule has 1 aromatic carbocycles. The predicted octanol–water partition coefficient (Wildman–Crippen LogP) is 2.95. The second kappa shape index (κ2) is 10.7. The van der Waals surface area contributed by atoms with Crippen LogP contribution >= 0.6 is 0 Å². The van der Waals surface area contributed by atoms with Gasteiger partial charge in [0, 0.05) is 0 Å². The van der Waals surface area contributed by atoms with Crippen LogP contribution in [0.5, 0.6) is 5.75 Å². The molecule has 140 valence electrons. The maximum Gasteiger partial charge on any atom is 0.338 e. The lowest BCUT2D eigenvalue weighted by Gasteiger charge is -2.23. The molecule has 0 aromatic heterocycles. The number of hydrogen-bond donors (Lipinski definition) is 1. The van der Waals surface area contributed by atoms with Gasteiger partial charge in [-0.3, -0.25) is 4.79 Å². The molecule has 25 heavy (non-hydrogen) atoms. The van der Waals surface area contributed by atoms with Crippen LogP contribution in [0.4, 0.5) is 0 Å². The first kappa shape index (κ1) is 21.0. The summed E-state index contributed by atoms with van der Waals surface area (Å²) in [4.78, 5) is 21.1. The van der Waals surface area contributed by atoms with Gasteiger partial charge in [0.2, 0.25) is 0 Å². The Bertz CT molecular complexity index is 516. The Labute approximate surface area is 149 Å². The highest BCUT2D eigenvalue weighted by Gasteiger charge is 2.14. The van der Waals surface area contributed by atoms with Crippen LogP contribution in [0.25, 0.3) is 0 Å². The van der Waals surface area contributed by atoms with Crippen LogP contribution in [0.2, 0.25) is 0 Å². The molecule has 0 saturated carbocycles. The third-order valence-corrected chi connectivity index (χ3v) is 3.36. The molecule has 1 fully saturated rings. The first-order valence-corrected chi connectivity index (χ1v) is 8.61. The van der Waals surface area contributed by atoms with E-state index in [-0.39, 0.29) is 17.7 Å². The smallest absolute Gasteiger partial charge is 0.338 e. The molecule has 0 radical (unpaired) electrons. The molecule has 0 amide bonds. The molecule has 1 saturated heterocycles. The zero-order valence-electron chi connectivity index (χ0n) is 15.5. The van der Waals surface area contributed by atoms with Crippen LogP contribution in [0.3, 0.4) is 0 Å². The Morgan fingerprint density at radius 3 is 2.24 bits per heavy atom. The van der Waals surface area contributed by atoms with E-state index in [0.717, 1.165) is 31.7 Å². The van der Waals surface area contributed by atoms with Crippen molar-refractivity contribution >= 4 is 12.4 Å². The number of carbonyl (C=O) groups is 2. The van der Waals surface area contributed by atoms with Crippen molar-refractivity contribution in [2.75, 3.05) is 19.7 Å². The maximum atomic E-state index is 11.5. The summed E-state index contributed by atoms with van der Waals surface area (Å²) in [6.45, 7) is 10.1. The number of carbonyl (C=O) groups excluding carboxylic acids is 2. The molecule has 2 rings (SSSR count). The van der Waals surface area contributed by atoms with Crippen molar-refractivity contribution in [1.82, 2.24) is 5.32 Å². The molecule has 6 heteroatoms. The van der Waals surface area contributed by atoms with Crippen molar-refractivity contribution in [3.05, 3.63) is 29.8 Å². The number of esters is 1. The van der Waals surface area contributed by atoms with Gasteiger partial charge >= 0.3 is 5.97 Å². The van der Waals surface area contributed by atoms with Crippen molar-refractivity contribution < 1.29 is 23.8 Å². The van der Waals surface area contributed by atoms with Crippen LogP contribution < -0.4 is 10.1 Å². The molecule has 0 aliphatic carbocycles. The van der Waals surface area contributed by atoms with Gasteiger partial charge in [-0.1, -0.05) is 0 Å². The number of hydrogen-bond acceptors (Lipinski definition) is 6. The Hall–Kier alpha value is -2.08. The fourth-order valence-corrected chi connectivity index (χ4v) is 2.13. The van der Waals surface area contributed by atoms with E-state index in [4.69, 9.17) is 9.47 Å². The molecule has 6 nitrogen and oxygen atoms in total. The zero-order chi connectivity index (χ0) is 18.7. The molecule has 0 atom stereocenters. The highest BCUT2D eigenvalue weighted by atomic mass is 16.5. The van der Waals surface area contributed by atoms with E-state index in [2.05, 4.69) is 10.1 Å². The summed E-state index contributed by atoms with van der Waals surface area (Å²) in [6.07, 6.45) is 2.33. The molecular weight excluding hydrogens is 322 g/mol. The summed E-state index contributed by atoms with van der Waals surface area (Å²) in [5, 5.41) is 3.30. The van der Waals surface area contributed by atoms with E-state index in [1.165, 1.54) is 0 Å². The van der Waals surface area contributed by atoms with Crippen LogP contribution in [-0.4, -0.2) is 43.8 Å². The van der Waals surface area contributed by atoms with Gasteiger partial charge in [0.15, 0.2) is 0 Å². The molecule has 0 spiro atoms. The summed E-state index contributed by atoms with van der Waals surface area (Å²) < 4.78 is 15.3. The van der Waals surface area contributed by atoms with E-state index in [1.54, 1.807) is 19.1 Å². The lowest BCUT2D eigenvalue weighted by Crippen LogP contribution is -2.34. The highest BCUT2D eigenvalue weighted by Crippen LogP contribution is 2.17. The van der Waals surface area contributed by atoms with Gasteiger partial charge in [-0.15, -0.1) is 0 Å². The van der Waals surface area contributed by atoms with Gasteiger partial charge in [0.1, 0.15) is 17.5 Å². The first-order valence-electron chi connectivity index (χ1n) is 8.61. The number of benzene rings is 1. The van der Waals surface area contributed by atoms with Crippen LogP contribution in [0, 0.1) is 0 Å². The topological polar surface area (TPSA) is 73.9 Å². The summed E-state index contributed by atoms with van der Waals surface area (Å²) in [6, 6.07) is 7.14. The van der Waals surface area contributed by atoms with Gasteiger partial charge < -0.3 is 19.5 Å². The predicted molar refractivity (Wildman–Crippen MR) is 95.8 cm³/mol. The fourth-order valence-electron chi connectivity index (χ4n) is 2.13. The van der Waals surface area contributed by atoms with Crippen LogP contribution in [-0.2, 0) is 14.3 Å². The van der Waals surface area contributed by atoms with E-state index in [0.29, 0.717) is 18.6 Å². The quantitative estimate of drug-likeness (QED) is 0.649. The fraction of sp³-hybridized carbons (Fsp3) is 0.579. The number of ether oxygens (including phenoxy) is 3. The minimum Gasteiger partial charge on any atom is -0.490 e. The Balaban J connectivity index is 0.000000381. The summed E-state index contributed by atoms with van der Waals surface area (Å²) in [5.74, 6) is 0.529. The number of piperidine rings is 1. The molecule has 1 aliphatic heterocycles. The minimum absolute atomic E-state index is 0.277. The molecular formula is C19H29NO5. The average Bonchev–Trinajstić information content (AvgIpc) is 2.56. The third-order valence-electron chi connectivity index (χ3n) is 3.36. The van der Waals surface area contributed by atoms with E-state index >= 15 is 0 Å². The van der Waals surface area contributed by atoms with Gasteiger partial charge in [0.25, 0.3) is 6.47 Å². The standard InChI is InChI=1S/C14H19NO3.C5H10O2/c1-2-17-14(16)11-3-5-12(6-4-11)18-13-7-9-15-10-8-13;1-5(2,3)7-4-6/h3-6,13,15H,2,7-10H2,1H3;4H,1-3H3. The monoisotopic (exact) mass is 351 g/mol. The molecule has 1 aromatic rings. The SMILES string of the molecule is CC(C)(C)OC=O.CCOC(=O)c1ccc(OC2CCNCC2)cc1. The second-order valence-corrected chi connectivity index (χ2v) is 6.64. The molecule has 1 N–H and O–H groups in total. The Kier molecular flexibility index (Phi) is 8.99. The maximum absolute atomic E-state index is 11.5. The number of nitrogens with one attached hydrogen (secondary N) is 1. The van der Waals surface area contributed by atoms with E-state index < -0.39 is 0 Å². The van der Waals surface area contributed by atoms with Gasteiger partial charge in [-0.2, -0.15) is 0 Å². The lowest BCUT2D eigenvalue weighted by atomic mass is 10.1. The van der Waals surface area contributed by atoms with Gasteiger partial charge in [0.05, 0.1) is 12.2 Å². The first-order chi connectivity index (χ1) is 11.9. The number of rotatable bonds is 5. The summed E-state index contributed by atoms with van der Waals surface area (Å²) in [5.41, 5.74) is 0.247. The minimum atomic E-state index is -0.318. The van der Waals surface area contributed by atoms with Crippen LogP contribution in [0.15, 0.2) is 24.3 Å². The van der Waals surface area contributed by atoms with Crippen molar-refractivity contribution in [1.29, 1.82) is 0 Å². The van der Waals surface area contributed by atoms with Crippen molar-refractivity contribution in [2.45, 2.75) is 52.2 Å². The average molecular weight is 351 g/mol. The van der Waals surface area contributed by atoms with E-state index in [9.17, 15) is 9.59 Å². The third kappa shape index (κ3) is 9.10. The van der Waals surface area contributed by atoms with Crippen molar-refractivity contribution in [3.63, 3.8) is 0 Å². The van der Waals surface area contributed by atoms with Crippen LogP contribution in [0.1, 0.15) is 50.9 Å². The molecule has 0 unspecified atom stereocenters. The summed E-state index contributed by atoms with van der Waals surface area (Å²) >= 11 is 0. The Morgan fingerprint density at radius 1 is 1.20 bits per heavy atom. The van der Waals surface area contributed by atoms with Gasteiger partial charge in [-0.05, 0) is 77.9 Å².